The Bertz CT molecular complexity index is 625. The van der Waals surface area contributed by atoms with Gasteiger partial charge in [-0.2, -0.15) is 4.98 Å². The van der Waals surface area contributed by atoms with Crippen molar-refractivity contribution in [3.8, 4) is 10.7 Å². The summed E-state index contributed by atoms with van der Waals surface area (Å²) in [4.78, 5) is 10.3. The predicted octanol–water partition coefficient (Wildman–Crippen LogP) is 3.77. The van der Waals surface area contributed by atoms with Gasteiger partial charge in [0.2, 0.25) is 4.77 Å². The summed E-state index contributed by atoms with van der Waals surface area (Å²) in [6.07, 6.45) is 2.54. The van der Waals surface area contributed by atoms with Crippen LogP contribution in [-0.4, -0.2) is 20.2 Å². The second kappa shape index (κ2) is 3.99. The average Bonchev–Trinajstić information content (AvgIpc) is 2.87. The average molecular weight is 280 g/mol. The summed E-state index contributed by atoms with van der Waals surface area (Å²) in [6, 6.07) is 0. The van der Waals surface area contributed by atoms with Crippen LogP contribution in [0.3, 0.4) is 0 Å². The van der Waals surface area contributed by atoms with Crippen LogP contribution >= 0.6 is 23.6 Å². The number of aromatic amines is 2. The summed E-state index contributed by atoms with van der Waals surface area (Å²) in [5.74, 6) is 1.49. The van der Waals surface area contributed by atoms with E-state index in [1.165, 1.54) is 17.8 Å². The maximum absolute atomic E-state index is 5.03. The van der Waals surface area contributed by atoms with Gasteiger partial charge in [-0.15, -0.1) is 11.3 Å². The van der Waals surface area contributed by atoms with Gasteiger partial charge < -0.3 is 0 Å². The van der Waals surface area contributed by atoms with E-state index in [1.54, 1.807) is 11.3 Å². The van der Waals surface area contributed by atoms with Crippen LogP contribution in [0.1, 0.15) is 50.2 Å². The number of nitrogens with zero attached hydrogens (tertiary/aromatic N) is 2. The predicted molar refractivity (Wildman–Crippen MR) is 75.6 cm³/mol. The number of rotatable bonds is 2. The van der Waals surface area contributed by atoms with E-state index in [9.17, 15) is 0 Å². The molecule has 0 amide bonds. The van der Waals surface area contributed by atoms with Crippen molar-refractivity contribution in [2.75, 3.05) is 0 Å². The third kappa shape index (κ3) is 2.14. The molecule has 1 saturated carbocycles. The quantitative estimate of drug-likeness (QED) is 0.823. The van der Waals surface area contributed by atoms with Gasteiger partial charge in [-0.05, 0) is 25.1 Å². The minimum atomic E-state index is 0.0212. The Morgan fingerprint density at radius 3 is 2.44 bits per heavy atom. The fourth-order valence-corrected chi connectivity index (χ4v) is 3.42. The van der Waals surface area contributed by atoms with Gasteiger partial charge in [0.05, 0.1) is 15.6 Å². The SMILES string of the molecule is CC(C)(C)c1nc(C2CC2)sc1-c1nc(=S)[nH][nH]1. The Morgan fingerprint density at radius 2 is 1.94 bits per heavy atom. The molecule has 0 saturated heterocycles. The van der Waals surface area contributed by atoms with Gasteiger partial charge in [0.1, 0.15) is 0 Å². The normalized spacial score (nSPS) is 16.2. The summed E-state index contributed by atoms with van der Waals surface area (Å²) in [5, 5.41) is 7.14. The Labute approximate surface area is 115 Å². The van der Waals surface area contributed by atoms with Crippen LogP contribution in [0.15, 0.2) is 0 Å². The lowest BCUT2D eigenvalue weighted by Crippen LogP contribution is -2.13. The fraction of sp³-hybridized carbons (Fsp3) is 0.583. The van der Waals surface area contributed by atoms with Crippen LogP contribution in [0.4, 0.5) is 0 Å². The highest BCUT2D eigenvalue weighted by atomic mass is 32.1. The molecule has 96 valence electrons. The topological polar surface area (TPSA) is 57.4 Å². The molecule has 0 aromatic carbocycles. The van der Waals surface area contributed by atoms with Crippen LogP contribution in [0.5, 0.6) is 0 Å². The second-order valence-electron chi connectivity index (χ2n) is 5.77. The molecule has 18 heavy (non-hydrogen) atoms. The zero-order chi connectivity index (χ0) is 12.9. The minimum absolute atomic E-state index is 0.0212. The minimum Gasteiger partial charge on any atom is -0.281 e. The van der Waals surface area contributed by atoms with Crippen LogP contribution in [0.25, 0.3) is 10.7 Å². The molecule has 0 spiro atoms. The Morgan fingerprint density at radius 1 is 1.22 bits per heavy atom. The van der Waals surface area contributed by atoms with E-state index >= 15 is 0 Å². The first-order chi connectivity index (χ1) is 8.45. The van der Waals surface area contributed by atoms with Gasteiger partial charge >= 0.3 is 0 Å². The molecule has 2 heterocycles. The van der Waals surface area contributed by atoms with E-state index in [4.69, 9.17) is 17.2 Å². The third-order valence-electron chi connectivity index (χ3n) is 3.00. The number of nitrogens with one attached hydrogen (secondary N) is 2. The molecule has 6 heteroatoms. The van der Waals surface area contributed by atoms with E-state index in [0.717, 1.165) is 16.4 Å². The van der Waals surface area contributed by atoms with Crippen molar-refractivity contribution in [3.05, 3.63) is 15.5 Å². The summed E-state index contributed by atoms with van der Waals surface area (Å²) in [5.41, 5.74) is 1.14. The van der Waals surface area contributed by atoms with E-state index in [1.807, 2.05) is 0 Å². The number of aromatic nitrogens is 4. The first kappa shape index (κ1) is 12.0. The molecule has 1 aliphatic carbocycles. The molecule has 0 unspecified atom stereocenters. The maximum Gasteiger partial charge on any atom is 0.213 e. The van der Waals surface area contributed by atoms with Crippen molar-refractivity contribution in [1.82, 2.24) is 20.2 Å². The Kier molecular flexibility index (Phi) is 2.67. The molecule has 0 bridgehead atoms. The lowest BCUT2D eigenvalue weighted by atomic mass is 9.91. The molecule has 2 aromatic rings. The number of H-pyrrole nitrogens is 2. The van der Waals surface area contributed by atoms with Crippen molar-refractivity contribution < 1.29 is 0 Å². The van der Waals surface area contributed by atoms with Gasteiger partial charge in [0.25, 0.3) is 0 Å². The molecule has 0 radical (unpaired) electrons. The van der Waals surface area contributed by atoms with Crippen molar-refractivity contribution in [2.24, 2.45) is 0 Å². The molecule has 2 aromatic heterocycles. The smallest absolute Gasteiger partial charge is 0.213 e. The van der Waals surface area contributed by atoms with Gasteiger partial charge in [0, 0.05) is 11.3 Å². The van der Waals surface area contributed by atoms with Crippen LogP contribution in [-0.2, 0) is 5.41 Å². The number of thiazole rings is 1. The summed E-state index contributed by atoms with van der Waals surface area (Å²) >= 11 is 6.78. The number of hydrogen-bond donors (Lipinski definition) is 2. The van der Waals surface area contributed by atoms with E-state index in [2.05, 4.69) is 36.0 Å². The molecule has 0 atom stereocenters. The van der Waals surface area contributed by atoms with E-state index < -0.39 is 0 Å². The van der Waals surface area contributed by atoms with E-state index in [-0.39, 0.29) is 5.41 Å². The van der Waals surface area contributed by atoms with E-state index in [0.29, 0.717) is 10.7 Å². The molecule has 1 aliphatic rings. The van der Waals surface area contributed by atoms with Crippen molar-refractivity contribution in [3.63, 3.8) is 0 Å². The van der Waals surface area contributed by atoms with Crippen molar-refractivity contribution in [1.29, 1.82) is 0 Å². The van der Waals surface area contributed by atoms with Crippen LogP contribution in [0, 0.1) is 4.77 Å². The van der Waals surface area contributed by atoms with Gasteiger partial charge in [0.15, 0.2) is 5.82 Å². The Balaban J connectivity index is 2.14. The first-order valence-electron chi connectivity index (χ1n) is 6.11. The maximum atomic E-state index is 5.03. The monoisotopic (exact) mass is 280 g/mol. The lowest BCUT2D eigenvalue weighted by molar-refractivity contribution is 0.572. The summed E-state index contributed by atoms with van der Waals surface area (Å²) < 4.78 is 0.492. The van der Waals surface area contributed by atoms with Gasteiger partial charge in [-0.3, -0.25) is 10.2 Å². The van der Waals surface area contributed by atoms with Gasteiger partial charge in [-0.25, -0.2) is 4.98 Å². The fourth-order valence-electron chi connectivity index (χ4n) is 1.89. The molecule has 2 N–H and O–H groups in total. The Hall–Kier alpha value is -1.01. The zero-order valence-corrected chi connectivity index (χ0v) is 12.3. The van der Waals surface area contributed by atoms with Crippen molar-refractivity contribution in [2.45, 2.75) is 44.9 Å². The molecule has 1 fully saturated rings. The van der Waals surface area contributed by atoms with Crippen LogP contribution in [0.2, 0.25) is 0 Å². The molecule has 0 aliphatic heterocycles. The first-order valence-corrected chi connectivity index (χ1v) is 7.34. The second-order valence-corrected chi connectivity index (χ2v) is 7.19. The standard InChI is InChI=1S/C12H16N4S2/c1-12(2,3)8-7(9-14-11(17)16-15-9)18-10(13-8)6-4-5-6/h6H,4-5H2,1-3H3,(H2,14,15,16,17). The summed E-state index contributed by atoms with van der Waals surface area (Å²) in [6.45, 7) is 6.55. The number of hydrogen-bond acceptors (Lipinski definition) is 4. The molecule has 4 nitrogen and oxygen atoms in total. The zero-order valence-electron chi connectivity index (χ0n) is 10.7. The highest BCUT2D eigenvalue weighted by Gasteiger charge is 2.32. The van der Waals surface area contributed by atoms with Crippen molar-refractivity contribution >= 4 is 23.6 Å². The lowest BCUT2D eigenvalue weighted by Gasteiger charge is -2.16. The third-order valence-corrected chi connectivity index (χ3v) is 4.41. The van der Waals surface area contributed by atoms with Gasteiger partial charge in [-0.1, -0.05) is 20.8 Å². The molecular formula is C12H16N4S2. The molecular weight excluding hydrogens is 264 g/mol. The highest BCUT2D eigenvalue weighted by molar-refractivity contribution is 7.71. The largest absolute Gasteiger partial charge is 0.281 e. The molecule has 3 rings (SSSR count). The summed E-state index contributed by atoms with van der Waals surface area (Å²) in [7, 11) is 0. The van der Waals surface area contributed by atoms with Crippen LogP contribution < -0.4 is 0 Å². The highest BCUT2D eigenvalue weighted by Crippen LogP contribution is 2.46.